The van der Waals surface area contributed by atoms with Crippen LogP contribution in [0.25, 0.3) is 0 Å². The van der Waals surface area contributed by atoms with Crippen molar-refractivity contribution in [1.29, 1.82) is 0 Å². The van der Waals surface area contributed by atoms with Gasteiger partial charge in [-0.1, -0.05) is 60.7 Å². The molecule has 2 fully saturated rings. The minimum Gasteiger partial charge on any atom is -0.388 e. The molecule has 1 unspecified atom stereocenters. The SMILES string of the molecule is [2H][C@H]1O[C@@H]2COC(c3ccccc3)O[C@H]2[C@@H](OCc2ccccc2)[C@@H]1O. The van der Waals surface area contributed by atoms with Crippen LogP contribution in [-0.4, -0.2) is 42.7 Å². The predicted molar refractivity (Wildman–Crippen MR) is 90.8 cm³/mol. The molecule has 0 aliphatic carbocycles. The van der Waals surface area contributed by atoms with Crippen LogP contribution in [0.15, 0.2) is 60.7 Å². The molecule has 2 aromatic rings. The first-order valence-electron chi connectivity index (χ1n) is 9.03. The van der Waals surface area contributed by atoms with Crippen molar-refractivity contribution in [3.05, 3.63) is 71.8 Å². The van der Waals surface area contributed by atoms with Gasteiger partial charge in [-0.2, -0.15) is 0 Å². The summed E-state index contributed by atoms with van der Waals surface area (Å²) in [7, 11) is 0. The molecular weight excluding hydrogens is 320 g/mol. The van der Waals surface area contributed by atoms with Crippen LogP contribution in [0.5, 0.6) is 0 Å². The molecule has 2 aromatic carbocycles. The molecule has 1 N–H and O–H groups in total. The minimum absolute atomic E-state index is 0.289. The lowest BCUT2D eigenvalue weighted by atomic mass is 9.98. The maximum atomic E-state index is 10.5. The number of hydrogen-bond acceptors (Lipinski definition) is 5. The van der Waals surface area contributed by atoms with Crippen molar-refractivity contribution in [1.82, 2.24) is 0 Å². The summed E-state index contributed by atoms with van der Waals surface area (Å²) in [4.78, 5) is 0. The summed E-state index contributed by atoms with van der Waals surface area (Å²) >= 11 is 0. The Labute approximate surface area is 148 Å². The van der Waals surface area contributed by atoms with E-state index >= 15 is 0 Å². The van der Waals surface area contributed by atoms with Gasteiger partial charge in [-0.3, -0.25) is 0 Å². The topological polar surface area (TPSA) is 57.2 Å². The Balaban J connectivity index is 1.50. The fraction of sp³-hybridized carbons (Fsp3) is 0.400. The zero-order valence-corrected chi connectivity index (χ0v) is 13.7. The highest BCUT2D eigenvalue weighted by Crippen LogP contribution is 2.33. The number of hydrogen-bond donors (Lipinski definition) is 1. The third-order valence-electron chi connectivity index (χ3n) is 4.47. The lowest BCUT2D eigenvalue weighted by Crippen LogP contribution is -2.59. The molecule has 6 atom stereocenters. The van der Waals surface area contributed by atoms with E-state index in [1.807, 2.05) is 60.7 Å². The van der Waals surface area contributed by atoms with Gasteiger partial charge in [0, 0.05) is 5.56 Å². The van der Waals surface area contributed by atoms with Crippen molar-refractivity contribution in [3.8, 4) is 0 Å². The summed E-state index contributed by atoms with van der Waals surface area (Å²) in [5.41, 5.74) is 1.89. The average Bonchev–Trinajstić information content (AvgIpc) is 2.69. The van der Waals surface area contributed by atoms with E-state index in [1.54, 1.807) is 0 Å². The normalized spacial score (nSPS) is 35.6. The number of benzene rings is 2. The van der Waals surface area contributed by atoms with E-state index in [2.05, 4.69) is 0 Å². The third kappa shape index (κ3) is 3.76. The molecule has 2 aliphatic heterocycles. The molecule has 0 radical (unpaired) electrons. The smallest absolute Gasteiger partial charge is 0.184 e. The van der Waals surface area contributed by atoms with Crippen molar-refractivity contribution < 1.29 is 25.4 Å². The maximum Gasteiger partial charge on any atom is 0.184 e. The lowest BCUT2D eigenvalue weighted by Gasteiger charge is -2.45. The van der Waals surface area contributed by atoms with Gasteiger partial charge in [0.25, 0.3) is 0 Å². The summed E-state index contributed by atoms with van der Waals surface area (Å²) < 4.78 is 31.3. The van der Waals surface area contributed by atoms with E-state index in [4.69, 9.17) is 20.3 Å². The fourth-order valence-corrected chi connectivity index (χ4v) is 3.15. The molecule has 5 heteroatoms. The van der Waals surface area contributed by atoms with E-state index in [1.165, 1.54) is 0 Å². The Morgan fingerprint density at radius 1 is 1.04 bits per heavy atom. The molecule has 0 aromatic heterocycles. The zero-order chi connectivity index (χ0) is 17.9. The van der Waals surface area contributed by atoms with Crippen LogP contribution in [0.2, 0.25) is 0 Å². The van der Waals surface area contributed by atoms with E-state index in [0.29, 0.717) is 6.61 Å². The molecule has 25 heavy (non-hydrogen) atoms. The number of aliphatic hydroxyl groups is 1. The van der Waals surface area contributed by atoms with Crippen LogP contribution in [0, 0.1) is 0 Å². The molecule has 5 nitrogen and oxygen atoms in total. The van der Waals surface area contributed by atoms with Crippen molar-refractivity contribution in [2.45, 2.75) is 37.3 Å². The Hall–Kier alpha value is -1.76. The molecule has 0 saturated carbocycles. The van der Waals surface area contributed by atoms with E-state index < -0.39 is 37.3 Å². The molecule has 4 rings (SSSR count). The van der Waals surface area contributed by atoms with Crippen LogP contribution in [-0.2, 0) is 25.6 Å². The first-order chi connectivity index (χ1) is 12.7. The molecule has 0 amide bonds. The van der Waals surface area contributed by atoms with Crippen LogP contribution in [0.4, 0.5) is 0 Å². The Bertz CT molecular complexity index is 698. The fourth-order valence-electron chi connectivity index (χ4n) is 3.15. The molecule has 132 valence electrons. The molecule has 2 saturated heterocycles. The molecule has 0 spiro atoms. The summed E-state index contributed by atoms with van der Waals surface area (Å²) in [6, 6.07) is 19.4. The van der Waals surface area contributed by atoms with Gasteiger partial charge < -0.3 is 24.1 Å². The van der Waals surface area contributed by atoms with Gasteiger partial charge in [0.05, 0.1) is 21.2 Å². The number of ether oxygens (including phenoxy) is 4. The number of aliphatic hydroxyl groups excluding tert-OH is 1. The van der Waals surface area contributed by atoms with Gasteiger partial charge in [0.2, 0.25) is 0 Å². The van der Waals surface area contributed by atoms with Crippen molar-refractivity contribution >= 4 is 0 Å². The summed E-state index contributed by atoms with van der Waals surface area (Å²) in [5.74, 6) is 0. The van der Waals surface area contributed by atoms with Gasteiger partial charge >= 0.3 is 0 Å². The zero-order valence-electron chi connectivity index (χ0n) is 14.7. The maximum absolute atomic E-state index is 10.5. The highest BCUT2D eigenvalue weighted by Gasteiger charge is 2.45. The van der Waals surface area contributed by atoms with Crippen molar-refractivity contribution in [2.75, 3.05) is 13.2 Å². The summed E-state index contributed by atoms with van der Waals surface area (Å²) in [5, 5.41) is 10.5. The minimum atomic E-state index is -1.09. The Morgan fingerprint density at radius 3 is 2.52 bits per heavy atom. The predicted octanol–water partition coefficient (Wildman–Crippen LogP) is 2.45. The van der Waals surface area contributed by atoms with E-state index in [9.17, 15) is 5.11 Å². The molecule has 0 bridgehead atoms. The second kappa shape index (κ2) is 7.64. The Kier molecular flexibility index (Phi) is 4.73. The highest BCUT2D eigenvalue weighted by atomic mass is 16.7. The third-order valence-corrected chi connectivity index (χ3v) is 4.47. The first-order valence-corrected chi connectivity index (χ1v) is 8.45. The van der Waals surface area contributed by atoms with E-state index in [-0.39, 0.29) is 6.61 Å². The molecular formula is C20H22O5. The van der Waals surface area contributed by atoms with Gasteiger partial charge in [-0.05, 0) is 5.56 Å². The second-order valence-corrected chi connectivity index (χ2v) is 6.24. The monoisotopic (exact) mass is 343 g/mol. The largest absolute Gasteiger partial charge is 0.388 e. The second-order valence-electron chi connectivity index (χ2n) is 6.24. The number of fused-ring (bicyclic) bond motifs is 1. The number of rotatable bonds is 4. The standard InChI is InChI=1S/C20H22O5/c21-16-12-22-17-13-24-20(15-9-5-2-6-10-15)25-19(17)18(16)23-11-14-7-3-1-4-8-14/h1-10,16-21H,11-13H2/t16-,17-,18+,19-,20?/m1/s1/i12D/t12-,16-,17-,18+,19-,20?. The van der Waals surface area contributed by atoms with Gasteiger partial charge in [-0.15, -0.1) is 0 Å². The van der Waals surface area contributed by atoms with E-state index in [0.717, 1.165) is 11.1 Å². The Morgan fingerprint density at radius 2 is 1.76 bits per heavy atom. The van der Waals surface area contributed by atoms with Gasteiger partial charge in [0.15, 0.2) is 6.29 Å². The average molecular weight is 343 g/mol. The van der Waals surface area contributed by atoms with Crippen LogP contribution in [0.1, 0.15) is 18.8 Å². The van der Waals surface area contributed by atoms with Crippen LogP contribution >= 0.6 is 0 Å². The highest BCUT2D eigenvalue weighted by molar-refractivity contribution is 5.17. The quantitative estimate of drug-likeness (QED) is 0.924. The van der Waals surface area contributed by atoms with Crippen LogP contribution in [0.3, 0.4) is 0 Å². The summed E-state index contributed by atoms with van der Waals surface area (Å²) in [6.45, 7) is -0.464. The van der Waals surface area contributed by atoms with Gasteiger partial charge in [0.1, 0.15) is 24.4 Å². The molecule has 2 aliphatic rings. The first kappa shape index (κ1) is 15.5. The van der Waals surface area contributed by atoms with Crippen molar-refractivity contribution in [3.63, 3.8) is 0 Å². The van der Waals surface area contributed by atoms with Gasteiger partial charge in [-0.25, -0.2) is 0 Å². The van der Waals surface area contributed by atoms with Crippen LogP contribution < -0.4 is 0 Å². The molecule has 2 heterocycles. The lowest BCUT2D eigenvalue weighted by molar-refractivity contribution is -0.320. The van der Waals surface area contributed by atoms with Crippen molar-refractivity contribution in [2.24, 2.45) is 0 Å². The summed E-state index contributed by atoms with van der Waals surface area (Å²) in [6.07, 6.45) is -3.24.